The van der Waals surface area contributed by atoms with Crippen LogP contribution < -0.4 is 0 Å². The summed E-state index contributed by atoms with van der Waals surface area (Å²) in [5.41, 5.74) is -0.635. The summed E-state index contributed by atoms with van der Waals surface area (Å²) in [5, 5.41) is 0. The molecule has 1 atom stereocenters. The van der Waals surface area contributed by atoms with Crippen molar-refractivity contribution in [3.8, 4) is 0 Å². The van der Waals surface area contributed by atoms with Gasteiger partial charge in [-0.15, -0.1) is 0 Å². The van der Waals surface area contributed by atoms with Crippen molar-refractivity contribution in [3.05, 3.63) is 0 Å². The zero-order valence-electron chi connectivity index (χ0n) is 16.7. The summed E-state index contributed by atoms with van der Waals surface area (Å²) < 4.78 is 83.4. The molecule has 4 bridgehead atoms. The van der Waals surface area contributed by atoms with Crippen LogP contribution in [0, 0.1) is 29.6 Å². The molecule has 4 saturated carbocycles. The van der Waals surface area contributed by atoms with Gasteiger partial charge in [0.25, 0.3) is 10.0 Å². The molecule has 1 N–H and O–H groups in total. The van der Waals surface area contributed by atoms with Gasteiger partial charge in [0, 0.05) is 13.1 Å². The zero-order chi connectivity index (χ0) is 22.1. The van der Waals surface area contributed by atoms with Crippen molar-refractivity contribution in [3.63, 3.8) is 0 Å². The van der Waals surface area contributed by atoms with E-state index in [9.17, 15) is 30.4 Å². The number of halogens is 2. The Morgan fingerprint density at radius 2 is 1.60 bits per heavy atom. The summed E-state index contributed by atoms with van der Waals surface area (Å²) in [5.74, 6) is 0.254. The van der Waals surface area contributed by atoms with Gasteiger partial charge in [-0.05, 0) is 75.5 Å². The second-order valence-electron chi connectivity index (χ2n) is 9.55. The number of carbonyl (C=O) groups excluding carboxylic acids is 1. The summed E-state index contributed by atoms with van der Waals surface area (Å²) in [6, 6.07) is 0. The number of hydrogen-bond acceptors (Lipinski definition) is 6. The smallest absolute Gasteiger partial charge is 0.459 e. The van der Waals surface area contributed by atoms with E-state index in [2.05, 4.69) is 0 Å². The van der Waals surface area contributed by atoms with Crippen LogP contribution >= 0.6 is 0 Å². The highest BCUT2D eigenvalue weighted by molar-refractivity contribution is 8.06. The Morgan fingerprint density at radius 1 is 1.07 bits per heavy atom. The maximum atomic E-state index is 13.9. The van der Waals surface area contributed by atoms with Gasteiger partial charge in [0.2, 0.25) is 0 Å². The molecule has 5 rings (SSSR count). The van der Waals surface area contributed by atoms with Gasteiger partial charge in [0.15, 0.2) is 0 Å². The van der Waals surface area contributed by atoms with Gasteiger partial charge in [-0.25, -0.2) is 8.42 Å². The standard InChI is InChI=1S/C18H27F2NO7S2/c1-17(14-6-11-5-12(8-14)9-15(17)7-11)28-16(22)13-3-2-4-21(10-13)29(23,24)18(19,20)30(25,26)27/h11-15H,2-10H2,1H3,(H,25,26,27). The topological polar surface area (TPSA) is 118 Å². The van der Waals surface area contributed by atoms with Crippen molar-refractivity contribution in [2.24, 2.45) is 29.6 Å². The summed E-state index contributed by atoms with van der Waals surface area (Å²) in [6.07, 6.45) is 5.61. The van der Waals surface area contributed by atoms with Gasteiger partial charge in [-0.2, -0.15) is 21.5 Å². The Bertz CT molecular complexity index is 906. The first-order chi connectivity index (χ1) is 13.8. The van der Waals surface area contributed by atoms with E-state index in [0.717, 1.165) is 25.7 Å². The van der Waals surface area contributed by atoms with Gasteiger partial charge in [0.1, 0.15) is 5.60 Å². The molecular formula is C18H27F2NO7S2. The molecule has 0 radical (unpaired) electrons. The molecule has 12 heteroatoms. The minimum Gasteiger partial charge on any atom is -0.459 e. The Morgan fingerprint density at radius 3 is 2.10 bits per heavy atom. The molecule has 0 aromatic carbocycles. The van der Waals surface area contributed by atoms with E-state index in [1.54, 1.807) is 0 Å². The van der Waals surface area contributed by atoms with Crippen LogP contribution in [0.15, 0.2) is 0 Å². The van der Waals surface area contributed by atoms with E-state index in [1.807, 2.05) is 6.92 Å². The number of rotatable bonds is 5. The highest BCUT2D eigenvalue weighted by Gasteiger charge is 2.61. The van der Waals surface area contributed by atoms with Crippen LogP contribution in [0.25, 0.3) is 0 Å². The number of carbonyl (C=O) groups is 1. The lowest BCUT2D eigenvalue weighted by Gasteiger charge is -2.59. The summed E-state index contributed by atoms with van der Waals surface area (Å²) >= 11 is 0. The highest BCUT2D eigenvalue weighted by Crippen LogP contribution is 2.59. The molecule has 30 heavy (non-hydrogen) atoms. The zero-order valence-corrected chi connectivity index (χ0v) is 18.3. The highest BCUT2D eigenvalue weighted by atomic mass is 32.3. The fourth-order valence-electron chi connectivity index (χ4n) is 6.22. The second-order valence-corrected chi connectivity index (χ2v) is 13.3. The first kappa shape index (κ1) is 22.3. The number of ether oxygens (including phenoxy) is 1. The summed E-state index contributed by atoms with van der Waals surface area (Å²) in [4.78, 5) is 12.9. The van der Waals surface area contributed by atoms with Gasteiger partial charge < -0.3 is 4.74 Å². The third-order valence-electron chi connectivity index (χ3n) is 7.74. The quantitative estimate of drug-likeness (QED) is 0.482. The number of hydrogen-bond donors (Lipinski definition) is 1. The van der Waals surface area contributed by atoms with Crippen molar-refractivity contribution in [1.82, 2.24) is 4.31 Å². The Hall–Kier alpha value is -0.850. The van der Waals surface area contributed by atoms with Gasteiger partial charge in [0.05, 0.1) is 5.92 Å². The molecule has 0 aromatic heterocycles. The molecule has 0 aromatic rings. The largest absolute Gasteiger partial charge is 0.484 e. The molecule has 5 fully saturated rings. The van der Waals surface area contributed by atoms with Gasteiger partial charge in [-0.1, -0.05) is 0 Å². The fraction of sp³-hybridized carbons (Fsp3) is 0.944. The third-order valence-corrected chi connectivity index (χ3v) is 11.2. The van der Waals surface area contributed by atoms with Crippen molar-refractivity contribution in [2.75, 3.05) is 13.1 Å². The Balaban J connectivity index is 1.48. The molecule has 172 valence electrons. The first-order valence-electron chi connectivity index (χ1n) is 10.3. The maximum absolute atomic E-state index is 13.9. The predicted octanol–water partition coefficient (Wildman–Crippen LogP) is 2.22. The monoisotopic (exact) mass is 471 g/mol. The van der Waals surface area contributed by atoms with E-state index >= 15 is 0 Å². The van der Waals surface area contributed by atoms with E-state index in [0.29, 0.717) is 11.8 Å². The van der Waals surface area contributed by atoms with E-state index in [-0.39, 0.29) is 35.5 Å². The summed E-state index contributed by atoms with van der Waals surface area (Å²) in [7, 11) is -11.9. The molecule has 4 aliphatic carbocycles. The Kier molecular flexibility index (Phi) is 5.27. The minimum absolute atomic E-state index is 0.105. The molecular weight excluding hydrogens is 444 g/mol. The van der Waals surface area contributed by atoms with Crippen molar-refractivity contribution in [1.29, 1.82) is 0 Å². The minimum atomic E-state index is -6.17. The number of alkyl halides is 2. The molecule has 1 unspecified atom stereocenters. The molecule has 0 spiro atoms. The fourth-order valence-corrected chi connectivity index (χ4v) is 8.65. The molecule has 5 aliphatic rings. The lowest BCUT2D eigenvalue weighted by atomic mass is 9.50. The van der Waals surface area contributed by atoms with Gasteiger partial charge >= 0.3 is 20.7 Å². The van der Waals surface area contributed by atoms with Crippen molar-refractivity contribution >= 4 is 26.1 Å². The van der Waals surface area contributed by atoms with E-state index in [1.165, 1.54) is 6.42 Å². The average molecular weight is 472 g/mol. The van der Waals surface area contributed by atoms with Crippen LogP contribution in [0.4, 0.5) is 8.78 Å². The predicted molar refractivity (Wildman–Crippen MR) is 101 cm³/mol. The number of sulfonamides is 1. The van der Waals surface area contributed by atoms with Crippen molar-refractivity contribution < 1.29 is 39.7 Å². The lowest BCUT2D eigenvalue weighted by molar-refractivity contribution is -0.207. The molecule has 1 aliphatic heterocycles. The van der Waals surface area contributed by atoms with E-state index in [4.69, 9.17) is 9.29 Å². The van der Waals surface area contributed by atoms with Crippen LogP contribution in [0.3, 0.4) is 0 Å². The molecule has 1 heterocycles. The number of esters is 1. The normalized spacial score (nSPS) is 39.8. The van der Waals surface area contributed by atoms with Crippen LogP contribution in [0.5, 0.6) is 0 Å². The SMILES string of the molecule is CC1(OC(=O)C2CCCN(S(=O)(=O)C(F)(F)S(=O)(=O)O)C2)C2CC3CC(C2)CC1C3. The molecule has 0 amide bonds. The maximum Gasteiger partial charge on any atom is 0.484 e. The first-order valence-corrected chi connectivity index (χ1v) is 13.2. The number of piperidine rings is 1. The van der Waals surface area contributed by atoms with Gasteiger partial charge in [-0.3, -0.25) is 9.35 Å². The second kappa shape index (κ2) is 7.08. The summed E-state index contributed by atoms with van der Waals surface area (Å²) in [6.45, 7) is 0.980. The molecule has 8 nitrogen and oxygen atoms in total. The Labute approximate surface area is 175 Å². The van der Waals surface area contributed by atoms with E-state index < -0.39 is 48.8 Å². The lowest BCUT2D eigenvalue weighted by Crippen LogP contribution is -2.59. The van der Waals surface area contributed by atoms with Crippen LogP contribution in [0.2, 0.25) is 0 Å². The van der Waals surface area contributed by atoms with Crippen molar-refractivity contribution in [2.45, 2.75) is 62.1 Å². The average Bonchev–Trinajstić information content (AvgIpc) is 2.64. The van der Waals surface area contributed by atoms with Crippen LogP contribution in [-0.4, -0.2) is 54.9 Å². The van der Waals surface area contributed by atoms with Crippen LogP contribution in [-0.2, 0) is 29.7 Å². The number of nitrogens with zero attached hydrogens (tertiary/aromatic N) is 1. The van der Waals surface area contributed by atoms with Crippen LogP contribution in [0.1, 0.15) is 51.9 Å². The molecule has 1 saturated heterocycles. The third kappa shape index (κ3) is 3.38.